The number of nitrogens with zero attached hydrogens (tertiary/aromatic N) is 25. The minimum atomic E-state index is -0.397. The van der Waals surface area contributed by atoms with Gasteiger partial charge in [-0.05, 0) is 158 Å². The largest absolute Gasteiger partial charge is 0.408 e. The van der Waals surface area contributed by atoms with Crippen LogP contribution in [0.25, 0.3) is 96.1 Å². The van der Waals surface area contributed by atoms with Crippen LogP contribution in [0.4, 0.5) is 40.1 Å². The standard InChI is InChI=1S/C13H13N5.C12H10FN5.C12H12N4.C11H11N5O.C10H9ClN6.C10H10N6O/c1-8-3-5-10(7-15-8)18-12-11(17-13(18)14)6-4-9(2)16-12;1-7-2-4-9-11(16-7)18(12(14)17-9)10-5-3-8(13)6-15-10;1-2-8-6-7-10-11(14-8)16(12(13)15-10)9-4-3-5-9;1-6-3-4-8-10(13-6)16(11(12)14-8)9-5-7(2)15-17-9;1-16-5-6(4-13-16)17-9-7(14-10(17)12)2-3-8(11)15-9;1-5-3-4-7-8(12-5)16(9(11)13-7)10-15-14-6(2)17-10/h3-7H,1-2H3,(H2,14,17);2-6H,1H3,(H2,14,17);1,6-7,9H,3-5H2,(H2,13,15);3-5H,1-2H3,(H2,12,14);2-5H,1H3,(H2,12,14);3-4H,1-2H3,(H2,11,13). The lowest BCUT2D eigenvalue weighted by atomic mass is 9.93. The second kappa shape index (κ2) is 28.2. The molecule has 18 rings (SSSR count). The molecule has 0 bridgehead atoms. The molecule has 1 fully saturated rings. The van der Waals surface area contributed by atoms with E-state index in [1.165, 1.54) is 18.6 Å². The molecule has 17 aromatic heterocycles. The zero-order chi connectivity index (χ0) is 72.5. The summed E-state index contributed by atoms with van der Waals surface area (Å²) >= 11 is 5.88. The number of nitrogen functional groups attached to an aromatic ring is 6. The van der Waals surface area contributed by atoms with Crippen molar-refractivity contribution in [3.63, 3.8) is 0 Å². The van der Waals surface area contributed by atoms with Crippen molar-refractivity contribution in [2.75, 3.05) is 34.4 Å². The molecule has 33 nitrogen and oxygen atoms in total. The maximum atomic E-state index is 12.9. The highest BCUT2D eigenvalue weighted by molar-refractivity contribution is 6.29. The Bertz CT molecular complexity index is 5580. The average Bonchev–Trinajstić information content (AvgIpc) is 1.69. The molecular formula is C68H65ClFN31O2. The first-order valence-corrected chi connectivity index (χ1v) is 32.1. The van der Waals surface area contributed by atoms with Crippen LogP contribution >= 0.6 is 11.6 Å². The highest BCUT2D eigenvalue weighted by Crippen LogP contribution is 2.36. The van der Waals surface area contributed by atoms with Gasteiger partial charge in [0.25, 0.3) is 0 Å². The van der Waals surface area contributed by atoms with E-state index in [1.807, 2.05) is 131 Å². The number of hydrogen-bond acceptors (Lipinski definition) is 26. The van der Waals surface area contributed by atoms with Crippen LogP contribution in [-0.2, 0) is 7.05 Å². The first-order valence-electron chi connectivity index (χ1n) is 31.7. The van der Waals surface area contributed by atoms with Crippen LogP contribution in [-0.4, -0.2) is 122 Å². The van der Waals surface area contributed by atoms with Crippen LogP contribution in [0.2, 0.25) is 5.15 Å². The minimum absolute atomic E-state index is 0.278. The highest BCUT2D eigenvalue weighted by atomic mass is 35.5. The number of imidazole rings is 6. The van der Waals surface area contributed by atoms with Crippen molar-refractivity contribution in [2.45, 2.75) is 73.8 Å². The van der Waals surface area contributed by atoms with Gasteiger partial charge in [0, 0.05) is 60.7 Å². The molecule has 0 amide bonds. The van der Waals surface area contributed by atoms with Gasteiger partial charge in [-0.3, -0.25) is 23.4 Å². The smallest absolute Gasteiger partial charge is 0.331 e. The zero-order valence-corrected chi connectivity index (χ0v) is 57.4. The number of hydrogen-bond donors (Lipinski definition) is 6. The maximum absolute atomic E-state index is 12.9. The van der Waals surface area contributed by atoms with E-state index in [2.05, 4.69) is 96.1 Å². The van der Waals surface area contributed by atoms with Gasteiger partial charge in [0.15, 0.2) is 33.9 Å². The topological polar surface area (TPSA) is 449 Å². The summed E-state index contributed by atoms with van der Waals surface area (Å²) in [5.41, 5.74) is 51.5. The number of terminal acetylenes is 1. The molecule has 103 heavy (non-hydrogen) atoms. The minimum Gasteiger partial charge on any atom is -0.408 e. The lowest BCUT2D eigenvalue weighted by Gasteiger charge is -2.27. The van der Waals surface area contributed by atoms with Crippen LogP contribution in [0.3, 0.4) is 0 Å². The van der Waals surface area contributed by atoms with E-state index in [1.54, 1.807) is 66.5 Å². The SMILES string of the molecule is C#Cc1ccc2nc(N)n(C3CCC3)c2n1.Cc1cc(-n2c(N)nc3ccc(C)nc32)on1.Cc1ccc(-n2c(N)nc3ccc(C)nc32)cn1.Cc1ccc2nc(N)n(-c3ccc(F)cn3)c2n1.Cc1ccc2nc(N)n(-c3nnc(C)o3)c2n1.Cn1cc(-n2c(N)nc3ccc(Cl)nc32)cn1. The Morgan fingerprint density at radius 2 is 0.971 bits per heavy atom. The molecule has 1 aliphatic rings. The first kappa shape index (κ1) is 67.7. The second-order valence-corrected chi connectivity index (χ2v) is 24.0. The van der Waals surface area contributed by atoms with Crippen molar-refractivity contribution in [3.8, 4) is 41.4 Å². The van der Waals surface area contributed by atoms with E-state index in [9.17, 15) is 4.39 Å². The van der Waals surface area contributed by atoms with Gasteiger partial charge in [0.2, 0.25) is 47.5 Å². The van der Waals surface area contributed by atoms with Crippen LogP contribution in [0.1, 0.15) is 71.1 Å². The second-order valence-electron chi connectivity index (χ2n) is 23.6. The van der Waals surface area contributed by atoms with Crippen molar-refractivity contribution >= 4 is 114 Å². The number of nitrogens with two attached hydrogens (primary N) is 6. The number of aryl methyl sites for hydroxylation is 8. The van der Waals surface area contributed by atoms with Gasteiger partial charge in [0.05, 0.1) is 35.7 Å². The molecule has 0 saturated heterocycles. The van der Waals surface area contributed by atoms with Crippen molar-refractivity contribution in [2.24, 2.45) is 7.05 Å². The van der Waals surface area contributed by atoms with Crippen molar-refractivity contribution in [3.05, 3.63) is 185 Å². The van der Waals surface area contributed by atoms with E-state index < -0.39 is 5.82 Å². The Kier molecular flexibility index (Phi) is 18.5. The molecule has 1 aliphatic carbocycles. The van der Waals surface area contributed by atoms with Crippen LogP contribution in [0, 0.1) is 66.6 Å². The molecule has 0 spiro atoms. The number of aromatic nitrogens is 25. The molecule has 0 radical (unpaired) electrons. The molecule has 0 aliphatic heterocycles. The number of fused-ring (bicyclic) bond motifs is 6. The van der Waals surface area contributed by atoms with E-state index in [0.29, 0.717) is 97.4 Å². The summed E-state index contributed by atoms with van der Waals surface area (Å²) in [5, 5.41) is 16.0. The van der Waals surface area contributed by atoms with Gasteiger partial charge in [0.1, 0.15) is 55.6 Å². The summed E-state index contributed by atoms with van der Waals surface area (Å²) in [4.78, 5) is 60.0. The maximum Gasteiger partial charge on any atom is 0.331 e. The summed E-state index contributed by atoms with van der Waals surface area (Å²) < 4.78 is 35.4. The number of rotatable bonds is 6. The Hall–Kier alpha value is -13.8. The summed E-state index contributed by atoms with van der Waals surface area (Å²) in [6, 6.07) is 31.5. The lowest BCUT2D eigenvalue weighted by Crippen LogP contribution is -2.19. The fourth-order valence-electron chi connectivity index (χ4n) is 10.9. The van der Waals surface area contributed by atoms with Crippen LogP contribution < -0.4 is 34.4 Å². The third-order valence-corrected chi connectivity index (χ3v) is 16.1. The Balaban J connectivity index is 0.000000110. The predicted molar refractivity (Wildman–Crippen MR) is 388 cm³/mol. The van der Waals surface area contributed by atoms with E-state index in [0.717, 1.165) is 92.4 Å². The number of halogens is 2. The molecular weight excluding hydrogens is 1340 g/mol. The molecule has 17 heterocycles. The molecule has 0 unspecified atom stereocenters. The van der Waals surface area contributed by atoms with Gasteiger partial charge in [-0.1, -0.05) is 27.8 Å². The van der Waals surface area contributed by atoms with Gasteiger partial charge in [-0.25, -0.2) is 82.9 Å². The Morgan fingerprint density at radius 1 is 0.476 bits per heavy atom. The van der Waals surface area contributed by atoms with Crippen LogP contribution in [0.5, 0.6) is 0 Å². The predicted octanol–water partition coefficient (Wildman–Crippen LogP) is 9.58. The van der Waals surface area contributed by atoms with Gasteiger partial charge in [-0.15, -0.1) is 11.5 Å². The summed E-state index contributed by atoms with van der Waals surface area (Å²) in [6.07, 6.45) is 15.3. The normalized spacial score (nSPS) is 11.9. The van der Waals surface area contributed by atoms with Gasteiger partial charge >= 0.3 is 6.01 Å². The Morgan fingerprint density at radius 3 is 1.47 bits per heavy atom. The monoisotopic (exact) mass is 1400 g/mol. The highest BCUT2D eigenvalue weighted by Gasteiger charge is 2.25. The first-order chi connectivity index (χ1) is 49.5. The van der Waals surface area contributed by atoms with Crippen molar-refractivity contribution in [1.29, 1.82) is 0 Å². The molecule has 518 valence electrons. The van der Waals surface area contributed by atoms with Gasteiger partial charge in [-0.2, -0.15) is 5.10 Å². The average molecular weight is 1400 g/mol. The third kappa shape index (κ3) is 14.1. The molecule has 0 atom stereocenters. The molecule has 17 aromatic rings. The summed E-state index contributed by atoms with van der Waals surface area (Å²) in [6.45, 7) is 13.1. The zero-order valence-electron chi connectivity index (χ0n) is 56.6. The number of anilines is 6. The van der Waals surface area contributed by atoms with Crippen molar-refractivity contribution in [1.82, 2.24) is 122 Å². The molecule has 1 saturated carbocycles. The lowest BCUT2D eigenvalue weighted by molar-refractivity contribution is 0.323. The number of pyridine rings is 8. The van der Waals surface area contributed by atoms with E-state index >= 15 is 0 Å². The van der Waals surface area contributed by atoms with E-state index in [4.69, 9.17) is 61.4 Å². The molecule has 35 heteroatoms. The van der Waals surface area contributed by atoms with Crippen molar-refractivity contribution < 1.29 is 13.3 Å². The quantitative estimate of drug-likeness (QED) is 0.0666. The van der Waals surface area contributed by atoms with E-state index in [-0.39, 0.29) is 17.9 Å². The third-order valence-electron chi connectivity index (χ3n) is 15.9. The van der Waals surface area contributed by atoms with Crippen LogP contribution in [0.15, 0.2) is 137 Å². The molecule has 0 aromatic carbocycles. The fourth-order valence-corrected chi connectivity index (χ4v) is 11.0. The summed E-state index contributed by atoms with van der Waals surface area (Å²) in [5.74, 6) is 5.86. The van der Waals surface area contributed by atoms with Gasteiger partial charge < -0.3 is 43.3 Å². The molecule has 12 N–H and O–H groups in total. The fraction of sp³-hybridized carbons (Fsp3) is 0.176. The Labute approximate surface area is 588 Å². The summed E-state index contributed by atoms with van der Waals surface area (Å²) in [7, 11) is 1.83.